The first-order valence-corrected chi connectivity index (χ1v) is 14.0. The van der Waals surface area contributed by atoms with Crippen LogP contribution >= 0.6 is 11.6 Å². The number of nitrogens with one attached hydrogen (secondary N) is 3. The number of para-hydroxylation sites is 1. The molecule has 0 fully saturated rings. The fourth-order valence-electron chi connectivity index (χ4n) is 4.54. The number of fused-ring (bicyclic) bond motifs is 2. The van der Waals surface area contributed by atoms with Crippen molar-refractivity contribution < 1.29 is 21.6 Å². The quantitative estimate of drug-likeness (QED) is 0.244. The van der Waals surface area contributed by atoms with Gasteiger partial charge in [0.1, 0.15) is 23.2 Å². The van der Waals surface area contributed by atoms with Gasteiger partial charge in [-0.2, -0.15) is 13.2 Å². The number of rotatable bonds is 7. The normalized spacial score (nSPS) is 12.9. The van der Waals surface area contributed by atoms with Crippen molar-refractivity contribution in [1.82, 2.24) is 19.5 Å². The van der Waals surface area contributed by atoms with Gasteiger partial charge in [-0.1, -0.05) is 41.9 Å². The largest absolute Gasteiger partial charge is 0.404 e. The molecule has 1 unspecified atom stereocenters. The van der Waals surface area contributed by atoms with Crippen LogP contribution in [0.1, 0.15) is 18.7 Å². The fourth-order valence-corrected chi connectivity index (χ4v) is 5.95. The minimum absolute atomic E-state index is 0.0209. The van der Waals surface area contributed by atoms with Crippen molar-refractivity contribution in [2.75, 3.05) is 15.8 Å². The lowest BCUT2D eigenvalue weighted by atomic mass is 10.1. The lowest BCUT2D eigenvalue weighted by Crippen LogP contribution is -2.30. The smallest absolute Gasteiger partial charge is 0.361 e. The van der Waals surface area contributed by atoms with E-state index in [1.807, 2.05) is 4.72 Å². The molecule has 0 saturated carbocycles. The maximum Gasteiger partial charge on any atom is 0.404 e. The second-order valence-corrected chi connectivity index (χ2v) is 11.1. The van der Waals surface area contributed by atoms with Gasteiger partial charge in [0.25, 0.3) is 5.56 Å². The van der Waals surface area contributed by atoms with Gasteiger partial charge in [-0.25, -0.2) is 18.4 Å². The number of benzene rings is 2. The molecule has 3 heterocycles. The van der Waals surface area contributed by atoms with Crippen LogP contribution in [0.25, 0.3) is 27.5 Å². The number of halogens is 4. The van der Waals surface area contributed by atoms with E-state index in [4.69, 9.17) is 11.6 Å². The van der Waals surface area contributed by atoms with Gasteiger partial charge in [0.05, 0.1) is 27.8 Å². The summed E-state index contributed by atoms with van der Waals surface area (Å²) in [7, 11) is -4.91. The van der Waals surface area contributed by atoms with Crippen LogP contribution in [-0.2, 0) is 10.0 Å². The first kappa shape index (κ1) is 28.1. The molecule has 0 aliphatic rings. The number of aromatic amines is 1. The summed E-state index contributed by atoms with van der Waals surface area (Å²) < 4.78 is 66.4. The minimum atomic E-state index is -5.00. The van der Waals surface area contributed by atoms with Crippen molar-refractivity contribution in [3.05, 3.63) is 98.4 Å². The van der Waals surface area contributed by atoms with Gasteiger partial charge in [0.2, 0.25) is 10.0 Å². The molecule has 0 saturated heterocycles. The van der Waals surface area contributed by atoms with Crippen molar-refractivity contribution in [3.63, 3.8) is 0 Å². The Bertz CT molecular complexity index is 2010. The summed E-state index contributed by atoms with van der Waals surface area (Å²) in [6.45, 7) is 1.67. The number of sulfonamides is 1. The molecule has 0 amide bonds. The molecule has 2 aromatic carbocycles. The van der Waals surface area contributed by atoms with E-state index in [9.17, 15) is 31.2 Å². The number of nitrogens with zero attached hydrogens (tertiary/aromatic N) is 3. The highest BCUT2D eigenvalue weighted by Gasteiger charge is 2.35. The first-order chi connectivity index (χ1) is 19.4. The average molecular weight is 605 g/mol. The third-order valence-corrected chi connectivity index (χ3v) is 7.76. The first-order valence-electron chi connectivity index (χ1n) is 11.9. The number of H-pyrrole nitrogens is 1. The Kier molecular flexibility index (Phi) is 7.21. The third kappa shape index (κ3) is 5.60. The third-order valence-electron chi connectivity index (χ3n) is 6.13. The van der Waals surface area contributed by atoms with Crippen LogP contribution in [0.15, 0.2) is 76.7 Å². The second kappa shape index (κ2) is 10.5. The minimum Gasteiger partial charge on any atom is -0.361 e. The van der Waals surface area contributed by atoms with Crippen LogP contribution in [0.3, 0.4) is 0 Å². The molecule has 212 valence electrons. The van der Waals surface area contributed by atoms with Gasteiger partial charge >= 0.3 is 6.18 Å². The molecule has 0 radical (unpaired) electrons. The van der Waals surface area contributed by atoms with E-state index in [0.717, 1.165) is 0 Å². The predicted molar refractivity (Wildman–Crippen MR) is 150 cm³/mol. The molecule has 15 heteroatoms. The van der Waals surface area contributed by atoms with Crippen molar-refractivity contribution in [1.29, 1.82) is 0 Å². The van der Waals surface area contributed by atoms with Crippen LogP contribution < -0.4 is 21.0 Å². The molecular weight excluding hydrogens is 585 g/mol. The van der Waals surface area contributed by atoms with E-state index in [0.29, 0.717) is 5.69 Å². The van der Waals surface area contributed by atoms with Crippen LogP contribution in [-0.4, -0.2) is 39.9 Å². The summed E-state index contributed by atoms with van der Waals surface area (Å²) in [6.07, 6.45) is -2.31. The van der Waals surface area contributed by atoms with E-state index >= 15 is 0 Å². The van der Waals surface area contributed by atoms with Crippen molar-refractivity contribution in [2.45, 2.75) is 19.1 Å². The Hall–Kier alpha value is -4.43. The molecule has 5 rings (SSSR count). The summed E-state index contributed by atoms with van der Waals surface area (Å²) in [5.41, 5.74) is -0.593. The number of aromatic nitrogens is 4. The molecule has 0 bridgehead atoms. The maximum atomic E-state index is 14.1. The van der Waals surface area contributed by atoms with Gasteiger partial charge < -0.3 is 10.3 Å². The number of anilines is 2. The van der Waals surface area contributed by atoms with Crippen LogP contribution in [0.2, 0.25) is 5.02 Å². The Labute approximate surface area is 234 Å². The zero-order valence-electron chi connectivity index (χ0n) is 21.0. The van der Waals surface area contributed by atoms with Crippen LogP contribution in [0.5, 0.6) is 0 Å². The molecule has 0 aliphatic heterocycles. The Morgan fingerprint density at radius 3 is 2.46 bits per heavy atom. The summed E-state index contributed by atoms with van der Waals surface area (Å²) in [4.78, 5) is 37.8. The number of hydrogen-bond acceptors (Lipinski definition) is 7. The molecule has 1 atom stereocenters. The molecule has 3 N–H and O–H groups in total. The topological polar surface area (TPSA) is 139 Å². The van der Waals surface area contributed by atoms with Gasteiger partial charge in [-0.05, 0) is 25.1 Å². The average Bonchev–Trinajstić information content (AvgIpc) is 2.89. The van der Waals surface area contributed by atoms with Gasteiger partial charge in [-0.3, -0.25) is 18.9 Å². The predicted octanol–water partition coefficient (Wildman–Crippen LogP) is 4.75. The molecule has 10 nitrogen and oxygen atoms in total. The molecule has 41 heavy (non-hydrogen) atoms. The Balaban J connectivity index is 1.73. The van der Waals surface area contributed by atoms with E-state index in [2.05, 4.69) is 20.3 Å². The number of alkyl halides is 3. The van der Waals surface area contributed by atoms with Crippen molar-refractivity contribution >= 4 is 54.9 Å². The van der Waals surface area contributed by atoms with E-state index in [1.54, 1.807) is 37.3 Å². The van der Waals surface area contributed by atoms with Crippen LogP contribution in [0, 0.1) is 0 Å². The summed E-state index contributed by atoms with van der Waals surface area (Å²) in [5.74, 6) is -1.97. The highest BCUT2D eigenvalue weighted by atomic mass is 35.5. The van der Waals surface area contributed by atoms with Crippen LogP contribution in [0.4, 0.5) is 24.7 Å². The van der Waals surface area contributed by atoms with Crippen molar-refractivity contribution in [3.8, 4) is 5.69 Å². The lowest BCUT2D eigenvalue weighted by molar-refractivity contribution is -0.106. The molecule has 0 spiro atoms. The number of hydrogen-bond donors (Lipinski definition) is 3. The highest BCUT2D eigenvalue weighted by Crippen LogP contribution is 2.35. The monoisotopic (exact) mass is 604 g/mol. The van der Waals surface area contributed by atoms with E-state index < -0.39 is 33.6 Å². The zero-order chi connectivity index (χ0) is 29.5. The molecular formula is C26H20ClF3N6O4S. The van der Waals surface area contributed by atoms with Gasteiger partial charge in [0.15, 0.2) is 11.2 Å². The second-order valence-electron chi connectivity index (χ2n) is 9.03. The highest BCUT2D eigenvalue weighted by molar-refractivity contribution is 7.92. The fraction of sp³-hybridized carbons (Fsp3) is 0.154. The SMILES string of the molecule is CC(Nc1ncnc2[nH]ccc(=O)c12)c1c(Cl)c2cccc(NS(=O)(=O)CC(F)(F)F)c2c(=O)n1-c1ccccc1. The standard InChI is InChI=1S/C26H20ClF3N6O4S/c1-14(34-24-20-18(37)10-11-31-23(20)32-13-33-24)22-21(27)16-8-5-9-17(35-41(39,40)12-26(28,29)30)19(16)25(38)36(22)15-6-3-2-4-7-15/h2-11,13-14,35H,12H2,1H3,(H2,31,32,33,34,37). The zero-order valence-corrected chi connectivity index (χ0v) is 22.6. The maximum absolute atomic E-state index is 14.1. The molecule has 0 aliphatic carbocycles. The van der Waals surface area contributed by atoms with E-state index in [1.165, 1.54) is 41.4 Å². The molecule has 3 aromatic heterocycles. The van der Waals surface area contributed by atoms with E-state index in [-0.39, 0.29) is 49.5 Å². The number of pyridine rings is 2. The lowest BCUT2D eigenvalue weighted by Gasteiger charge is -2.24. The van der Waals surface area contributed by atoms with Crippen molar-refractivity contribution in [2.24, 2.45) is 0 Å². The Morgan fingerprint density at radius 1 is 1.02 bits per heavy atom. The summed E-state index contributed by atoms with van der Waals surface area (Å²) in [6, 6.07) is 12.8. The van der Waals surface area contributed by atoms with Gasteiger partial charge in [-0.15, -0.1) is 0 Å². The Morgan fingerprint density at radius 2 is 1.76 bits per heavy atom. The summed E-state index contributed by atoms with van der Waals surface area (Å²) in [5, 5.41) is 3.18. The van der Waals surface area contributed by atoms with Gasteiger partial charge in [0, 0.05) is 23.3 Å². The molecule has 5 aromatic rings. The summed E-state index contributed by atoms with van der Waals surface area (Å²) >= 11 is 6.87.